The van der Waals surface area contributed by atoms with Crippen LogP contribution in [0.3, 0.4) is 0 Å². The van der Waals surface area contributed by atoms with Gasteiger partial charge in [0.1, 0.15) is 6.04 Å². The number of hydrogen-bond donors (Lipinski definition) is 2. The summed E-state index contributed by atoms with van der Waals surface area (Å²) in [7, 11) is 1.29. The number of methoxy groups -OCH3 is 1. The number of carbonyl (C=O) groups is 2. The summed E-state index contributed by atoms with van der Waals surface area (Å²) in [5.74, 6) is -0.764. The molecule has 182 valence electrons. The summed E-state index contributed by atoms with van der Waals surface area (Å²) >= 11 is 0. The fraction of sp³-hybridized carbons (Fsp3) is 0.348. The van der Waals surface area contributed by atoms with Crippen molar-refractivity contribution in [2.24, 2.45) is 5.73 Å². The molecule has 1 unspecified atom stereocenters. The number of tetrazole rings is 1. The molecule has 0 aliphatic heterocycles. The van der Waals surface area contributed by atoms with E-state index in [2.05, 4.69) is 20.7 Å². The maximum Gasteiger partial charge on any atom is 0.337 e. The first-order valence-electron chi connectivity index (χ1n) is 10.4. The number of hydrogen-bond acceptors (Lipinski definition) is 8. The van der Waals surface area contributed by atoms with Gasteiger partial charge >= 0.3 is 5.97 Å². The number of nitrogens with one attached hydrogen (secondary N) is 1. The molecule has 0 spiro atoms. The second kappa shape index (κ2) is 12.2. The highest BCUT2D eigenvalue weighted by molar-refractivity contribution is 5.85. The van der Waals surface area contributed by atoms with Gasteiger partial charge in [0.15, 0.2) is 11.9 Å². The molecule has 0 saturated heterocycles. The van der Waals surface area contributed by atoms with Crippen LogP contribution >= 0.6 is 12.4 Å². The van der Waals surface area contributed by atoms with Gasteiger partial charge in [-0.15, -0.1) is 27.4 Å². The highest BCUT2D eigenvalue weighted by Gasteiger charge is 2.30. The predicted octanol–water partition coefficient (Wildman–Crippen LogP) is 1.97. The monoisotopic (exact) mass is 488 g/mol. The van der Waals surface area contributed by atoms with Crippen molar-refractivity contribution in [1.82, 2.24) is 25.5 Å². The van der Waals surface area contributed by atoms with Crippen LogP contribution in [0.2, 0.25) is 0 Å². The summed E-state index contributed by atoms with van der Waals surface area (Å²) in [5, 5.41) is 15.3. The zero-order valence-electron chi connectivity index (χ0n) is 19.2. The minimum absolute atomic E-state index is 0. The van der Waals surface area contributed by atoms with Gasteiger partial charge in [-0.05, 0) is 30.2 Å². The number of benzene rings is 2. The van der Waals surface area contributed by atoms with E-state index in [1.165, 1.54) is 11.9 Å². The van der Waals surface area contributed by atoms with Crippen molar-refractivity contribution in [1.29, 1.82) is 0 Å². The lowest BCUT2D eigenvalue weighted by Crippen LogP contribution is -2.50. The Morgan fingerprint density at radius 1 is 1.09 bits per heavy atom. The van der Waals surface area contributed by atoms with Crippen molar-refractivity contribution in [3.8, 4) is 0 Å². The summed E-state index contributed by atoms with van der Waals surface area (Å²) in [5.41, 5.74) is 6.43. The molecule has 1 amide bonds. The van der Waals surface area contributed by atoms with E-state index in [1.54, 1.807) is 38.1 Å². The number of amides is 1. The van der Waals surface area contributed by atoms with Gasteiger partial charge < -0.3 is 20.5 Å². The molecular weight excluding hydrogens is 460 g/mol. The summed E-state index contributed by atoms with van der Waals surface area (Å²) in [6.45, 7) is 3.60. The van der Waals surface area contributed by atoms with Crippen LogP contribution in [0.15, 0.2) is 60.7 Å². The lowest BCUT2D eigenvalue weighted by Gasteiger charge is -2.22. The average Bonchev–Trinajstić information content (AvgIpc) is 3.28. The van der Waals surface area contributed by atoms with E-state index in [4.69, 9.17) is 15.2 Å². The average molecular weight is 489 g/mol. The van der Waals surface area contributed by atoms with E-state index >= 15 is 0 Å². The van der Waals surface area contributed by atoms with Crippen molar-refractivity contribution in [3.05, 3.63) is 77.6 Å². The Morgan fingerprint density at radius 2 is 1.71 bits per heavy atom. The highest BCUT2D eigenvalue weighted by Crippen LogP contribution is 2.19. The van der Waals surface area contributed by atoms with Crippen LogP contribution in [0.25, 0.3) is 0 Å². The van der Waals surface area contributed by atoms with E-state index in [9.17, 15) is 9.59 Å². The van der Waals surface area contributed by atoms with Crippen molar-refractivity contribution in [2.45, 2.75) is 38.1 Å². The second-order valence-electron chi connectivity index (χ2n) is 8.05. The Kier molecular flexibility index (Phi) is 9.67. The van der Waals surface area contributed by atoms with Crippen LogP contribution in [0.1, 0.15) is 42.9 Å². The van der Waals surface area contributed by atoms with E-state index in [-0.39, 0.29) is 24.8 Å². The number of halogens is 1. The highest BCUT2D eigenvalue weighted by atomic mass is 35.5. The van der Waals surface area contributed by atoms with Gasteiger partial charge in [0, 0.05) is 0 Å². The maximum atomic E-state index is 12.5. The van der Waals surface area contributed by atoms with Crippen molar-refractivity contribution < 1.29 is 19.1 Å². The van der Waals surface area contributed by atoms with Crippen LogP contribution in [-0.4, -0.2) is 51.3 Å². The van der Waals surface area contributed by atoms with E-state index in [1.807, 2.05) is 36.4 Å². The van der Waals surface area contributed by atoms with Gasteiger partial charge in [-0.25, -0.2) is 4.79 Å². The van der Waals surface area contributed by atoms with Crippen molar-refractivity contribution in [3.63, 3.8) is 0 Å². The largest absolute Gasteiger partial charge is 0.467 e. The number of carbonyl (C=O) groups excluding carboxylic acids is 2. The first-order chi connectivity index (χ1) is 15.8. The van der Waals surface area contributed by atoms with Crippen molar-refractivity contribution >= 4 is 24.3 Å². The van der Waals surface area contributed by atoms with Crippen LogP contribution < -0.4 is 11.1 Å². The van der Waals surface area contributed by atoms with Crippen LogP contribution in [0, 0.1) is 0 Å². The van der Waals surface area contributed by atoms with Crippen LogP contribution in [0.5, 0.6) is 0 Å². The molecule has 11 heteroatoms. The summed E-state index contributed by atoms with van der Waals surface area (Å²) in [6, 6.07) is 16.9. The Labute approximate surface area is 204 Å². The van der Waals surface area contributed by atoms with E-state index in [0.717, 1.165) is 5.56 Å². The smallest absolute Gasteiger partial charge is 0.337 e. The third-order valence-electron chi connectivity index (χ3n) is 4.81. The number of nitrogens with zero attached hydrogens (tertiary/aromatic N) is 4. The number of nitrogens with two attached hydrogens (primary N) is 1. The first kappa shape index (κ1) is 26.9. The Bertz CT molecular complexity index is 1060. The molecule has 0 bridgehead atoms. The van der Waals surface area contributed by atoms with E-state index in [0.29, 0.717) is 12.2 Å². The molecule has 3 aromatic rings. The molecule has 0 aliphatic rings. The Balaban J connectivity index is 0.00000408. The standard InChI is InChI=1S/C23H28N6O4.ClH/c1-23(2,24)22(31)25-18(15-33-14-16-10-6-4-7-11-16)20-26-28-29(27-20)19(21(30)32-3)17-12-8-5-9-13-17;/h4-13,18-19H,14-15,24H2,1-3H3,(H,25,31);1H/t18-,19?;/m1./s1. The molecular formula is C23H29ClN6O4. The van der Waals surface area contributed by atoms with Crippen LogP contribution in [0.4, 0.5) is 0 Å². The zero-order chi connectivity index (χ0) is 23.8. The molecule has 1 heterocycles. The summed E-state index contributed by atoms with van der Waals surface area (Å²) < 4.78 is 10.7. The topological polar surface area (TPSA) is 134 Å². The maximum absolute atomic E-state index is 12.5. The zero-order valence-corrected chi connectivity index (χ0v) is 20.1. The minimum Gasteiger partial charge on any atom is -0.467 e. The molecule has 3 rings (SSSR count). The van der Waals surface area contributed by atoms with Gasteiger partial charge in [0.2, 0.25) is 5.91 Å². The van der Waals surface area contributed by atoms with Gasteiger partial charge in [-0.1, -0.05) is 60.7 Å². The fourth-order valence-electron chi connectivity index (χ4n) is 2.99. The van der Waals surface area contributed by atoms with E-state index < -0.39 is 29.5 Å². The number of rotatable bonds is 10. The summed E-state index contributed by atoms with van der Waals surface area (Å²) in [4.78, 5) is 26.2. The fourth-order valence-corrected chi connectivity index (χ4v) is 2.99. The van der Waals surface area contributed by atoms with Gasteiger partial charge in [-0.3, -0.25) is 4.79 Å². The normalized spacial score (nSPS) is 12.8. The number of esters is 1. The molecule has 1 aromatic heterocycles. The number of aromatic nitrogens is 4. The molecule has 0 fully saturated rings. The van der Waals surface area contributed by atoms with Gasteiger partial charge in [0.25, 0.3) is 0 Å². The molecule has 3 N–H and O–H groups in total. The van der Waals surface area contributed by atoms with Gasteiger partial charge in [-0.2, -0.15) is 0 Å². The third-order valence-corrected chi connectivity index (χ3v) is 4.81. The molecule has 0 saturated carbocycles. The van der Waals surface area contributed by atoms with Gasteiger partial charge in [0.05, 0.1) is 25.9 Å². The lowest BCUT2D eigenvalue weighted by atomic mass is 10.1. The molecule has 2 atom stereocenters. The first-order valence-corrected chi connectivity index (χ1v) is 10.4. The number of ether oxygens (including phenoxy) is 2. The minimum atomic E-state index is -1.12. The summed E-state index contributed by atoms with van der Waals surface area (Å²) in [6.07, 6.45) is 0. The quantitative estimate of drug-likeness (QED) is 0.413. The predicted molar refractivity (Wildman–Crippen MR) is 127 cm³/mol. The molecule has 10 nitrogen and oxygen atoms in total. The lowest BCUT2D eigenvalue weighted by molar-refractivity contribution is -0.143. The molecule has 0 radical (unpaired) electrons. The second-order valence-corrected chi connectivity index (χ2v) is 8.05. The third kappa shape index (κ3) is 7.08. The Morgan fingerprint density at radius 3 is 2.29 bits per heavy atom. The SMILES string of the molecule is COC(=O)C(c1ccccc1)n1nnc([C@@H](COCc2ccccc2)NC(=O)C(C)(C)N)n1.Cl. The molecule has 34 heavy (non-hydrogen) atoms. The van der Waals surface area contributed by atoms with Crippen molar-refractivity contribution in [2.75, 3.05) is 13.7 Å². The van der Waals surface area contributed by atoms with Crippen LogP contribution in [-0.2, 0) is 25.7 Å². The molecule has 2 aromatic carbocycles. The Hall–Kier alpha value is -3.34. The molecule has 0 aliphatic carbocycles.